The van der Waals surface area contributed by atoms with Crippen molar-refractivity contribution in [1.29, 1.82) is 0 Å². The number of carbonyl (C=O) groups excluding carboxylic acids is 1. The third kappa shape index (κ3) is 4.11. The average Bonchev–Trinajstić information content (AvgIpc) is 2.42. The number of hydrogen-bond donors (Lipinski definition) is 1. The molecular formula is C15H21FN2O. The molecule has 0 saturated carbocycles. The maximum atomic E-state index is 12.8. The van der Waals surface area contributed by atoms with Crippen LogP contribution in [0.5, 0.6) is 0 Å². The molecule has 3 nitrogen and oxygen atoms in total. The monoisotopic (exact) mass is 264 g/mol. The molecule has 0 unspecified atom stereocenters. The molecule has 0 aromatic heterocycles. The van der Waals surface area contributed by atoms with Crippen LogP contribution in [0.25, 0.3) is 0 Å². The standard InChI is InChI=1S/C15H21FN2O/c1-17-10-12-6-8-18(9-7-12)11-15(19)13-2-4-14(16)5-3-13/h2-5,12,17H,6-11H2,1H3. The van der Waals surface area contributed by atoms with Crippen LogP contribution in [0.3, 0.4) is 0 Å². The molecule has 1 saturated heterocycles. The topological polar surface area (TPSA) is 32.3 Å². The maximum absolute atomic E-state index is 12.8. The summed E-state index contributed by atoms with van der Waals surface area (Å²) in [4.78, 5) is 14.2. The van der Waals surface area contributed by atoms with Crippen LogP contribution in [0, 0.1) is 11.7 Å². The van der Waals surface area contributed by atoms with Crippen LogP contribution in [-0.4, -0.2) is 43.9 Å². The molecule has 0 amide bonds. The molecule has 0 aliphatic carbocycles. The Morgan fingerprint density at radius 3 is 2.53 bits per heavy atom. The number of likely N-dealkylation sites (tertiary alicyclic amines) is 1. The predicted molar refractivity (Wildman–Crippen MR) is 73.8 cm³/mol. The van der Waals surface area contributed by atoms with E-state index in [1.807, 2.05) is 7.05 Å². The molecule has 19 heavy (non-hydrogen) atoms. The third-order valence-electron chi connectivity index (χ3n) is 3.73. The van der Waals surface area contributed by atoms with E-state index in [4.69, 9.17) is 0 Å². The summed E-state index contributed by atoms with van der Waals surface area (Å²) in [5.74, 6) is 0.499. The van der Waals surface area contributed by atoms with E-state index in [0.717, 1.165) is 38.4 Å². The summed E-state index contributed by atoms with van der Waals surface area (Å²) in [6.45, 7) is 3.44. The van der Waals surface area contributed by atoms with Crippen molar-refractivity contribution in [2.75, 3.05) is 33.2 Å². The number of piperidine rings is 1. The molecule has 1 fully saturated rings. The quantitative estimate of drug-likeness (QED) is 0.825. The molecule has 0 spiro atoms. The number of benzene rings is 1. The van der Waals surface area contributed by atoms with Gasteiger partial charge in [-0.25, -0.2) is 4.39 Å². The number of rotatable bonds is 5. The molecule has 1 heterocycles. The van der Waals surface area contributed by atoms with E-state index in [1.165, 1.54) is 12.1 Å². The number of carbonyl (C=O) groups is 1. The van der Waals surface area contributed by atoms with E-state index in [1.54, 1.807) is 12.1 Å². The number of nitrogens with one attached hydrogen (secondary N) is 1. The Balaban J connectivity index is 1.82. The summed E-state index contributed by atoms with van der Waals surface area (Å²) >= 11 is 0. The van der Waals surface area contributed by atoms with Gasteiger partial charge in [0.05, 0.1) is 6.54 Å². The molecule has 4 heteroatoms. The van der Waals surface area contributed by atoms with Gasteiger partial charge in [-0.3, -0.25) is 9.69 Å². The molecule has 104 valence electrons. The first-order chi connectivity index (χ1) is 9.19. The van der Waals surface area contributed by atoms with Gasteiger partial charge < -0.3 is 5.32 Å². The van der Waals surface area contributed by atoms with E-state index in [2.05, 4.69) is 10.2 Å². The van der Waals surface area contributed by atoms with Crippen molar-refractivity contribution < 1.29 is 9.18 Å². The fraction of sp³-hybridized carbons (Fsp3) is 0.533. The first-order valence-electron chi connectivity index (χ1n) is 6.85. The van der Waals surface area contributed by atoms with Crippen molar-refractivity contribution in [3.63, 3.8) is 0 Å². The number of ketones is 1. The summed E-state index contributed by atoms with van der Waals surface area (Å²) < 4.78 is 12.8. The molecule has 0 radical (unpaired) electrons. The lowest BCUT2D eigenvalue weighted by Crippen LogP contribution is -2.39. The van der Waals surface area contributed by atoms with Crippen molar-refractivity contribution in [2.24, 2.45) is 5.92 Å². The van der Waals surface area contributed by atoms with E-state index in [-0.39, 0.29) is 11.6 Å². The Morgan fingerprint density at radius 1 is 1.32 bits per heavy atom. The van der Waals surface area contributed by atoms with Gasteiger partial charge in [0.1, 0.15) is 5.82 Å². The Kier molecular flexibility index (Phi) is 5.05. The highest BCUT2D eigenvalue weighted by Gasteiger charge is 2.20. The number of halogens is 1. The molecule has 0 bridgehead atoms. The molecule has 1 aromatic carbocycles. The zero-order valence-electron chi connectivity index (χ0n) is 11.4. The van der Waals surface area contributed by atoms with E-state index in [0.29, 0.717) is 12.1 Å². The highest BCUT2D eigenvalue weighted by molar-refractivity contribution is 5.97. The zero-order valence-corrected chi connectivity index (χ0v) is 11.4. The maximum Gasteiger partial charge on any atom is 0.176 e. The Morgan fingerprint density at radius 2 is 1.95 bits per heavy atom. The zero-order chi connectivity index (χ0) is 13.7. The van der Waals surface area contributed by atoms with Crippen LogP contribution in [0.4, 0.5) is 4.39 Å². The highest BCUT2D eigenvalue weighted by Crippen LogP contribution is 2.16. The molecule has 1 N–H and O–H groups in total. The van der Waals surface area contributed by atoms with E-state index < -0.39 is 0 Å². The minimum Gasteiger partial charge on any atom is -0.319 e. The van der Waals surface area contributed by atoms with Gasteiger partial charge in [0.15, 0.2) is 5.78 Å². The van der Waals surface area contributed by atoms with Crippen molar-refractivity contribution >= 4 is 5.78 Å². The second-order valence-corrected chi connectivity index (χ2v) is 5.21. The first-order valence-corrected chi connectivity index (χ1v) is 6.85. The Hall–Kier alpha value is -1.26. The van der Waals surface area contributed by atoms with E-state index in [9.17, 15) is 9.18 Å². The van der Waals surface area contributed by atoms with Gasteiger partial charge in [0, 0.05) is 5.56 Å². The minimum atomic E-state index is -0.301. The fourth-order valence-corrected chi connectivity index (χ4v) is 2.57. The van der Waals surface area contributed by atoms with Crippen molar-refractivity contribution in [3.05, 3.63) is 35.6 Å². The van der Waals surface area contributed by atoms with Gasteiger partial charge >= 0.3 is 0 Å². The summed E-state index contributed by atoms with van der Waals surface area (Å²) in [5, 5.41) is 3.20. The van der Waals surface area contributed by atoms with Crippen LogP contribution >= 0.6 is 0 Å². The molecule has 1 aliphatic rings. The van der Waals surface area contributed by atoms with Crippen molar-refractivity contribution in [3.8, 4) is 0 Å². The van der Waals surface area contributed by atoms with Gasteiger partial charge in [-0.15, -0.1) is 0 Å². The van der Waals surface area contributed by atoms with E-state index >= 15 is 0 Å². The molecular weight excluding hydrogens is 243 g/mol. The fourth-order valence-electron chi connectivity index (χ4n) is 2.57. The summed E-state index contributed by atoms with van der Waals surface area (Å²) in [5.41, 5.74) is 0.596. The van der Waals surface area contributed by atoms with Crippen molar-refractivity contribution in [2.45, 2.75) is 12.8 Å². The van der Waals surface area contributed by atoms with Gasteiger partial charge in [0.2, 0.25) is 0 Å². The molecule has 1 aromatic rings. The SMILES string of the molecule is CNCC1CCN(CC(=O)c2ccc(F)cc2)CC1. The Bertz CT molecular complexity index is 411. The lowest BCUT2D eigenvalue weighted by molar-refractivity contribution is 0.0896. The minimum absolute atomic E-state index is 0.0760. The van der Waals surface area contributed by atoms with Crippen LogP contribution in [-0.2, 0) is 0 Å². The highest BCUT2D eigenvalue weighted by atomic mass is 19.1. The number of nitrogens with zero attached hydrogens (tertiary/aromatic N) is 1. The molecule has 0 atom stereocenters. The van der Waals surface area contributed by atoms with Gasteiger partial charge in [-0.1, -0.05) is 0 Å². The van der Waals surface area contributed by atoms with Crippen molar-refractivity contribution in [1.82, 2.24) is 10.2 Å². The predicted octanol–water partition coefficient (Wildman–Crippen LogP) is 1.94. The van der Waals surface area contributed by atoms with Crippen LogP contribution in [0.1, 0.15) is 23.2 Å². The molecule has 1 aliphatic heterocycles. The van der Waals surface area contributed by atoms with Crippen LogP contribution < -0.4 is 5.32 Å². The number of hydrogen-bond acceptors (Lipinski definition) is 3. The second kappa shape index (κ2) is 6.78. The summed E-state index contributed by atoms with van der Waals surface area (Å²) in [6.07, 6.45) is 2.27. The smallest absolute Gasteiger partial charge is 0.176 e. The van der Waals surface area contributed by atoms with Crippen LogP contribution in [0.2, 0.25) is 0 Å². The average molecular weight is 264 g/mol. The summed E-state index contributed by atoms with van der Waals surface area (Å²) in [6, 6.07) is 5.80. The number of Topliss-reactive ketones (excluding diaryl/α,β-unsaturated/α-hetero) is 1. The second-order valence-electron chi connectivity index (χ2n) is 5.21. The Labute approximate surface area is 113 Å². The molecule has 2 rings (SSSR count). The lowest BCUT2D eigenvalue weighted by Gasteiger charge is -2.31. The van der Waals surface area contributed by atoms with Gasteiger partial charge in [-0.05, 0) is 69.7 Å². The normalized spacial score (nSPS) is 17.6. The largest absolute Gasteiger partial charge is 0.319 e. The van der Waals surface area contributed by atoms with Crippen LogP contribution in [0.15, 0.2) is 24.3 Å². The van der Waals surface area contributed by atoms with Gasteiger partial charge in [0.25, 0.3) is 0 Å². The van der Waals surface area contributed by atoms with Gasteiger partial charge in [-0.2, -0.15) is 0 Å². The summed E-state index contributed by atoms with van der Waals surface area (Å²) in [7, 11) is 1.98. The lowest BCUT2D eigenvalue weighted by atomic mass is 9.96. The first kappa shape index (κ1) is 14.2. The third-order valence-corrected chi connectivity index (χ3v) is 3.73.